The predicted octanol–water partition coefficient (Wildman–Crippen LogP) is 1.95. The first-order valence-corrected chi connectivity index (χ1v) is 7.47. The fraction of sp³-hybridized carbons (Fsp3) is 0.267. The number of carbonyl (C=O) groups is 2. The zero-order chi connectivity index (χ0) is 17.5. The largest absolute Gasteiger partial charge is 0.471 e. The Hall–Kier alpha value is -2.45. The molecule has 8 heteroatoms. The zero-order valence-electron chi connectivity index (χ0n) is 13.0. The van der Waals surface area contributed by atoms with Crippen molar-refractivity contribution in [1.82, 2.24) is 0 Å². The van der Waals surface area contributed by atoms with Crippen molar-refractivity contribution in [3.8, 4) is 0 Å². The van der Waals surface area contributed by atoms with E-state index in [1.807, 2.05) is 23.6 Å². The summed E-state index contributed by atoms with van der Waals surface area (Å²) in [5.74, 6) is 0. The van der Waals surface area contributed by atoms with Crippen molar-refractivity contribution < 1.29 is 19.1 Å². The second-order valence-corrected chi connectivity index (χ2v) is 5.16. The van der Waals surface area contributed by atoms with Crippen LogP contribution in [-0.4, -0.2) is 38.5 Å². The van der Waals surface area contributed by atoms with E-state index in [0.717, 1.165) is 4.88 Å². The lowest BCUT2D eigenvalue weighted by molar-refractivity contribution is -0.126. The number of amides is 1. The maximum atomic E-state index is 11.1. The van der Waals surface area contributed by atoms with E-state index in [0.29, 0.717) is 12.2 Å². The average Bonchev–Trinajstić information content (AvgIpc) is 3.04. The molecule has 1 atom stereocenters. The Morgan fingerprint density at radius 3 is 2.74 bits per heavy atom. The number of hydrogen-bond acceptors (Lipinski definition) is 7. The smallest absolute Gasteiger partial charge is 0.433 e. The molecule has 0 saturated heterocycles. The van der Waals surface area contributed by atoms with Gasteiger partial charge in [-0.15, -0.1) is 11.3 Å². The summed E-state index contributed by atoms with van der Waals surface area (Å²) in [4.78, 5) is 24.7. The number of ether oxygens (including phenoxy) is 2. The van der Waals surface area contributed by atoms with Gasteiger partial charge in [0, 0.05) is 22.8 Å². The highest BCUT2D eigenvalue weighted by Crippen LogP contribution is 2.10. The predicted molar refractivity (Wildman–Crippen MR) is 92.2 cm³/mol. The summed E-state index contributed by atoms with van der Waals surface area (Å²) in [6.45, 7) is 2.26. The molecule has 1 aromatic heterocycles. The van der Waals surface area contributed by atoms with E-state index >= 15 is 0 Å². The third-order valence-corrected chi connectivity index (χ3v) is 2.83. The van der Waals surface area contributed by atoms with Crippen molar-refractivity contribution in [3.63, 3.8) is 0 Å². The Morgan fingerprint density at radius 1 is 1.52 bits per heavy atom. The second-order valence-electron chi connectivity index (χ2n) is 4.18. The highest BCUT2D eigenvalue weighted by Gasteiger charge is 1.99. The van der Waals surface area contributed by atoms with E-state index in [1.54, 1.807) is 24.3 Å². The van der Waals surface area contributed by atoms with Crippen LogP contribution in [0, 0.1) is 0 Å². The molecule has 1 amide bonds. The third-order valence-electron chi connectivity index (χ3n) is 2.00. The van der Waals surface area contributed by atoms with Crippen LogP contribution in [0.25, 0.3) is 6.08 Å². The van der Waals surface area contributed by atoms with Crippen LogP contribution in [0.15, 0.2) is 40.4 Å². The number of nitrogens with zero attached hydrogens (tertiary/aromatic N) is 1. The number of carbonyl (C=O) groups excluding carboxylic acids is 2. The molecular formula is C15H21N3O4S. The van der Waals surface area contributed by atoms with Crippen LogP contribution in [0.5, 0.6) is 0 Å². The van der Waals surface area contributed by atoms with Crippen LogP contribution in [0.1, 0.15) is 11.8 Å². The number of thiophene rings is 1. The van der Waals surface area contributed by atoms with Crippen molar-refractivity contribution in [2.24, 2.45) is 16.5 Å². The topological polar surface area (TPSA) is 117 Å². The molecule has 1 unspecified atom stereocenters. The molecular weight excluding hydrogens is 318 g/mol. The first kappa shape index (κ1) is 20.6. The highest BCUT2D eigenvalue weighted by molar-refractivity contribution is 7.10. The number of nitrogens with two attached hydrogens (primary N) is 2. The van der Waals surface area contributed by atoms with Gasteiger partial charge in [-0.2, -0.15) is 4.99 Å². The fourth-order valence-corrected chi connectivity index (χ4v) is 1.66. The lowest BCUT2D eigenvalue weighted by Crippen LogP contribution is -2.23. The molecule has 7 nitrogen and oxygen atoms in total. The number of allylic oxidation sites excluding steroid dienone is 2. The molecule has 1 heterocycles. The molecule has 23 heavy (non-hydrogen) atoms. The maximum Gasteiger partial charge on any atom is 0.433 e. The lowest BCUT2D eigenvalue weighted by Gasteiger charge is -2.02. The van der Waals surface area contributed by atoms with Crippen LogP contribution >= 0.6 is 11.3 Å². The zero-order valence-corrected chi connectivity index (χ0v) is 13.9. The van der Waals surface area contributed by atoms with Crippen molar-refractivity contribution in [2.45, 2.75) is 13.0 Å². The maximum absolute atomic E-state index is 11.1. The van der Waals surface area contributed by atoms with Gasteiger partial charge in [0.05, 0.1) is 7.11 Å². The SMILES string of the molecule is CC(N)COC(=O)/N=C/C=C(N)/C=C/c1cccs1.COC=O. The average molecular weight is 339 g/mol. The first-order chi connectivity index (χ1) is 11.0. The molecule has 0 fully saturated rings. The van der Waals surface area contributed by atoms with E-state index < -0.39 is 6.09 Å². The molecule has 1 aromatic rings. The standard InChI is InChI=1S/C13H17N3O2S.C2H4O2/c1-10(14)9-18-13(17)16-7-6-11(15)4-5-12-3-2-8-19-12;1-4-2-3/h2-8,10H,9,14-15H2,1H3;2H,1H3/b5-4+,11-6-,16-7+;. The summed E-state index contributed by atoms with van der Waals surface area (Å²) >= 11 is 1.61. The van der Waals surface area contributed by atoms with Gasteiger partial charge >= 0.3 is 6.09 Å². The van der Waals surface area contributed by atoms with E-state index in [1.165, 1.54) is 19.4 Å². The van der Waals surface area contributed by atoms with Crippen LogP contribution < -0.4 is 11.5 Å². The van der Waals surface area contributed by atoms with Crippen molar-refractivity contribution in [2.75, 3.05) is 13.7 Å². The highest BCUT2D eigenvalue weighted by atomic mass is 32.1. The van der Waals surface area contributed by atoms with E-state index in [9.17, 15) is 4.79 Å². The molecule has 126 valence electrons. The molecule has 0 aliphatic rings. The third kappa shape index (κ3) is 13.0. The van der Waals surface area contributed by atoms with Gasteiger partial charge < -0.3 is 20.9 Å². The van der Waals surface area contributed by atoms with Gasteiger partial charge in [0.25, 0.3) is 6.47 Å². The monoisotopic (exact) mass is 339 g/mol. The van der Waals surface area contributed by atoms with Gasteiger partial charge in [-0.1, -0.05) is 6.07 Å². The normalized spacial score (nSPS) is 12.6. The van der Waals surface area contributed by atoms with Crippen LogP contribution in [-0.2, 0) is 14.3 Å². The minimum Gasteiger partial charge on any atom is -0.471 e. The van der Waals surface area contributed by atoms with Crippen molar-refractivity contribution >= 4 is 36.2 Å². The van der Waals surface area contributed by atoms with Gasteiger partial charge in [-0.25, -0.2) is 4.79 Å². The Bertz CT molecular complexity index is 537. The number of hydrogen-bond donors (Lipinski definition) is 2. The van der Waals surface area contributed by atoms with Gasteiger partial charge in [0.15, 0.2) is 0 Å². The number of rotatable bonds is 6. The molecule has 0 aliphatic carbocycles. The Morgan fingerprint density at radius 2 is 2.22 bits per heavy atom. The van der Waals surface area contributed by atoms with Crippen LogP contribution in [0.4, 0.5) is 4.79 Å². The Balaban J connectivity index is 0.00000108. The Labute approximate surface area is 139 Å². The van der Waals surface area contributed by atoms with Gasteiger partial charge in [-0.3, -0.25) is 4.79 Å². The minimum atomic E-state index is -0.677. The first-order valence-electron chi connectivity index (χ1n) is 6.59. The molecule has 0 spiro atoms. The van der Waals surface area contributed by atoms with Gasteiger partial charge in [0.2, 0.25) is 0 Å². The molecule has 0 aromatic carbocycles. The lowest BCUT2D eigenvalue weighted by atomic mass is 10.3. The Kier molecular flexibility index (Phi) is 11.8. The molecule has 4 N–H and O–H groups in total. The summed E-state index contributed by atoms with van der Waals surface area (Å²) in [5, 5.41) is 1.98. The second kappa shape index (κ2) is 13.2. The van der Waals surface area contributed by atoms with E-state index in [4.69, 9.17) is 21.0 Å². The molecule has 1 rings (SSSR count). The van der Waals surface area contributed by atoms with Crippen LogP contribution in [0.3, 0.4) is 0 Å². The fourth-order valence-electron chi connectivity index (χ4n) is 1.04. The van der Waals surface area contributed by atoms with Gasteiger partial charge in [-0.05, 0) is 36.6 Å². The van der Waals surface area contributed by atoms with Crippen molar-refractivity contribution in [3.05, 3.63) is 40.2 Å². The van der Waals surface area contributed by atoms with E-state index in [2.05, 4.69) is 9.73 Å². The van der Waals surface area contributed by atoms with Gasteiger partial charge in [0.1, 0.15) is 6.61 Å². The molecule has 0 radical (unpaired) electrons. The summed E-state index contributed by atoms with van der Waals surface area (Å²) in [7, 11) is 1.31. The molecule has 0 aliphatic heterocycles. The number of aliphatic imine (C=N–C) groups is 1. The minimum absolute atomic E-state index is 0.146. The summed E-state index contributed by atoms with van der Waals surface area (Å²) in [6, 6.07) is 3.74. The summed E-state index contributed by atoms with van der Waals surface area (Å²) in [6.07, 6.45) is 5.78. The number of methoxy groups -OCH3 is 1. The summed E-state index contributed by atoms with van der Waals surface area (Å²) < 4.78 is 8.62. The van der Waals surface area contributed by atoms with E-state index in [-0.39, 0.29) is 12.6 Å². The quantitative estimate of drug-likeness (QED) is 0.465. The van der Waals surface area contributed by atoms with Crippen LogP contribution in [0.2, 0.25) is 0 Å². The molecule has 0 bridgehead atoms. The molecule has 0 saturated carbocycles. The summed E-state index contributed by atoms with van der Waals surface area (Å²) in [5.41, 5.74) is 11.6. The van der Waals surface area contributed by atoms with Crippen molar-refractivity contribution in [1.29, 1.82) is 0 Å².